The van der Waals surface area contributed by atoms with Crippen LogP contribution in [0.25, 0.3) is 22.7 Å². The van der Waals surface area contributed by atoms with Crippen molar-refractivity contribution in [1.82, 2.24) is 19.5 Å². The predicted octanol–water partition coefficient (Wildman–Crippen LogP) is 3.89. The molecule has 0 atom stereocenters. The van der Waals surface area contributed by atoms with Gasteiger partial charge in [-0.25, -0.2) is 15.0 Å². The summed E-state index contributed by atoms with van der Waals surface area (Å²) in [4.78, 5) is 13.5. The van der Waals surface area contributed by atoms with Crippen LogP contribution in [0, 0.1) is 0 Å². The minimum absolute atomic E-state index is 0.470. The van der Waals surface area contributed by atoms with Crippen molar-refractivity contribution in [2.45, 2.75) is 20.4 Å². The van der Waals surface area contributed by atoms with E-state index in [4.69, 9.17) is 14.5 Å². The number of benzene rings is 1. The highest BCUT2D eigenvalue weighted by molar-refractivity contribution is 5.84. The number of nitrogens with zero attached hydrogens (tertiary/aromatic N) is 4. The number of hydrogen-bond acceptors (Lipinski definition) is 5. The molecule has 0 amide bonds. The van der Waals surface area contributed by atoms with E-state index in [1.54, 1.807) is 0 Å². The van der Waals surface area contributed by atoms with Gasteiger partial charge in [-0.1, -0.05) is 43.5 Å². The van der Waals surface area contributed by atoms with Crippen LogP contribution in [0.15, 0.2) is 49.8 Å². The van der Waals surface area contributed by atoms with Crippen molar-refractivity contribution in [1.29, 1.82) is 0 Å². The zero-order chi connectivity index (χ0) is 18.5. The third-order valence-electron chi connectivity index (χ3n) is 3.87. The van der Waals surface area contributed by atoms with Crippen molar-refractivity contribution in [2.75, 3.05) is 13.2 Å². The molecule has 0 aliphatic heterocycles. The maximum Gasteiger partial charge on any atom is 0.177 e. The van der Waals surface area contributed by atoms with Crippen molar-refractivity contribution in [3.05, 3.63) is 66.9 Å². The topological polar surface area (TPSA) is 62.1 Å². The molecule has 3 aromatic rings. The molecule has 2 aromatic heterocycles. The van der Waals surface area contributed by atoms with Gasteiger partial charge < -0.3 is 14.0 Å². The molecule has 134 valence electrons. The van der Waals surface area contributed by atoms with E-state index in [0.29, 0.717) is 54.0 Å². The van der Waals surface area contributed by atoms with Crippen LogP contribution in [0.4, 0.5) is 0 Å². The second-order valence-corrected chi connectivity index (χ2v) is 5.61. The Morgan fingerprint density at radius 3 is 2.38 bits per heavy atom. The highest BCUT2D eigenvalue weighted by Gasteiger charge is 2.20. The molecule has 6 nitrogen and oxygen atoms in total. The van der Waals surface area contributed by atoms with Gasteiger partial charge in [-0.2, -0.15) is 0 Å². The summed E-state index contributed by atoms with van der Waals surface area (Å²) in [6, 6.07) is 10.1. The summed E-state index contributed by atoms with van der Waals surface area (Å²) < 4.78 is 13.1. The summed E-state index contributed by atoms with van der Waals surface area (Å²) in [6.07, 6.45) is 1.50. The summed E-state index contributed by atoms with van der Waals surface area (Å²) in [5.74, 6) is 1.59. The van der Waals surface area contributed by atoms with E-state index >= 15 is 0 Å². The zero-order valence-corrected chi connectivity index (χ0v) is 15.1. The maximum atomic E-state index is 5.60. The van der Waals surface area contributed by atoms with Gasteiger partial charge in [0, 0.05) is 0 Å². The van der Waals surface area contributed by atoms with Crippen LogP contribution < -0.4 is 0 Å². The molecular weight excluding hydrogens is 328 g/mol. The number of aromatic nitrogens is 4. The molecule has 0 saturated heterocycles. The number of imidazole rings is 1. The largest absolute Gasteiger partial charge is 0.492 e. The Balaban J connectivity index is 2.16. The first-order chi connectivity index (χ1) is 12.7. The summed E-state index contributed by atoms with van der Waals surface area (Å²) in [5.41, 5.74) is 3.02. The molecule has 1 aromatic carbocycles. The van der Waals surface area contributed by atoms with Crippen LogP contribution in [0.5, 0.6) is 0 Å². The van der Waals surface area contributed by atoms with E-state index < -0.39 is 0 Å². The van der Waals surface area contributed by atoms with E-state index in [9.17, 15) is 0 Å². The van der Waals surface area contributed by atoms with Gasteiger partial charge in [-0.15, -0.1) is 0 Å². The highest BCUT2D eigenvalue weighted by atomic mass is 16.5. The minimum atomic E-state index is 0.470. The summed E-state index contributed by atoms with van der Waals surface area (Å²) >= 11 is 0. The fraction of sp³-hybridized carbons (Fsp3) is 0.250. The third-order valence-corrected chi connectivity index (χ3v) is 3.87. The molecular formula is C20H22N4O2. The first-order valence-electron chi connectivity index (χ1n) is 8.55. The van der Waals surface area contributed by atoms with Crippen molar-refractivity contribution >= 4 is 22.7 Å². The molecule has 0 radical (unpaired) electrons. The van der Waals surface area contributed by atoms with Crippen molar-refractivity contribution in [3.63, 3.8) is 0 Å². The van der Waals surface area contributed by atoms with Gasteiger partial charge in [0.25, 0.3) is 0 Å². The van der Waals surface area contributed by atoms with Crippen molar-refractivity contribution in [2.24, 2.45) is 0 Å². The quantitative estimate of drug-likeness (QED) is 0.577. The van der Waals surface area contributed by atoms with E-state index in [2.05, 4.69) is 35.3 Å². The SMILES string of the molecule is C=C(OCC)c1ncnc2c1nc(C(=C)OCC)n2Cc1ccccc1. The summed E-state index contributed by atoms with van der Waals surface area (Å²) in [7, 11) is 0. The van der Waals surface area contributed by atoms with E-state index in [1.807, 2.05) is 36.6 Å². The third kappa shape index (κ3) is 3.44. The lowest BCUT2D eigenvalue weighted by molar-refractivity contribution is 0.294. The Labute approximate surface area is 152 Å². The molecule has 0 aliphatic carbocycles. The lowest BCUT2D eigenvalue weighted by atomic mass is 10.2. The first kappa shape index (κ1) is 17.7. The standard InChI is InChI=1S/C20H22N4O2/c1-5-25-14(3)17-18-20(22-13-21-17)24(12-16-10-8-7-9-11-16)19(23-18)15(4)26-6-2/h7-11,13H,3-6,12H2,1-2H3. The zero-order valence-electron chi connectivity index (χ0n) is 15.1. The molecule has 0 unspecified atom stereocenters. The summed E-state index contributed by atoms with van der Waals surface area (Å²) in [5, 5.41) is 0. The molecule has 0 saturated carbocycles. The smallest absolute Gasteiger partial charge is 0.177 e. The molecule has 6 heteroatoms. The molecule has 3 rings (SSSR count). The van der Waals surface area contributed by atoms with Gasteiger partial charge in [-0.05, 0) is 19.4 Å². The Morgan fingerprint density at radius 1 is 1.00 bits per heavy atom. The van der Waals surface area contributed by atoms with E-state index in [-0.39, 0.29) is 0 Å². The van der Waals surface area contributed by atoms with Crippen LogP contribution in [-0.4, -0.2) is 32.7 Å². The average molecular weight is 350 g/mol. The first-order valence-corrected chi connectivity index (χ1v) is 8.55. The maximum absolute atomic E-state index is 5.60. The lowest BCUT2D eigenvalue weighted by Gasteiger charge is -2.11. The van der Waals surface area contributed by atoms with Crippen LogP contribution in [0.2, 0.25) is 0 Å². The molecule has 0 N–H and O–H groups in total. The molecule has 2 heterocycles. The number of fused-ring (bicyclic) bond motifs is 1. The second kappa shape index (κ2) is 7.82. The molecule has 0 aliphatic rings. The monoisotopic (exact) mass is 350 g/mol. The Kier molecular flexibility index (Phi) is 5.31. The minimum Gasteiger partial charge on any atom is -0.492 e. The number of ether oxygens (including phenoxy) is 2. The van der Waals surface area contributed by atoms with Crippen molar-refractivity contribution < 1.29 is 9.47 Å². The van der Waals surface area contributed by atoms with E-state index in [1.165, 1.54) is 6.33 Å². The van der Waals surface area contributed by atoms with Crippen molar-refractivity contribution in [3.8, 4) is 0 Å². The lowest BCUT2D eigenvalue weighted by Crippen LogP contribution is -2.07. The fourth-order valence-electron chi connectivity index (χ4n) is 2.75. The Morgan fingerprint density at radius 2 is 1.69 bits per heavy atom. The molecule has 0 fully saturated rings. The van der Waals surface area contributed by atoms with Gasteiger partial charge in [0.2, 0.25) is 0 Å². The van der Waals surface area contributed by atoms with Crippen LogP contribution in [0.3, 0.4) is 0 Å². The van der Waals surface area contributed by atoms with Gasteiger partial charge >= 0.3 is 0 Å². The van der Waals surface area contributed by atoms with Gasteiger partial charge in [0.1, 0.15) is 23.3 Å². The normalized spacial score (nSPS) is 10.7. The Hall–Kier alpha value is -3.15. The van der Waals surface area contributed by atoms with Gasteiger partial charge in [0.05, 0.1) is 19.8 Å². The Bertz CT molecular complexity index is 932. The molecule has 0 spiro atoms. The molecule has 26 heavy (non-hydrogen) atoms. The van der Waals surface area contributed by atoms with E-state index in [0.717, 1.165) is 5.56 Å². The van der Waals surface area contributed by atoms with Crippen LogP contribution in [-0.2, 0) is 16.0 Å². The average Bonchev–Trinajstić information content (AvgIpc) is 3.01. The number of hydrogen-bond donors (Lipinski definition) is 0. The van der Waals surface area contributed by atoms with Crippen LogP contribution in [0.1, 0.15) is 30.9 Å². The fourth-order valence-corrected chi connectivity index (χ4v) is 2.75. The van der Waals surface area contributed by atoms with Gasteiger partial charge in [0.15, 0.2) is 17.2 Å². The predicted molar refractivity (Wildman–Crippen MR) is 102 cm³/mol. The highest BCUT2D eigenvalue weighted by Crippen LogP contribution is 2.26. The van der Waals surface area contributed by atoms with Gasteiger partial charge in [-0.3, -0.25) is 0 Å². The second-order valence-electron chi connectivity index (χ2n) is 5.61. The summed E-state index contributed by atoms with van der Waals surface area (Å²) in [6.45, 7) is 13.4. The number of rotatable bonds is 8. The molecule has 0 bridgehead atoms. The van der Waals surface area contributed by atoms with Crippen LogP contribution >= 0.6 is 0 Å².